The summed E-state index contributed by atoms with van der Waals surface area (Å²) in [6, 6.07) is 19.4. The van der Waals surface area contributed by atoms with Gasteiger partial charge in [-0.3, -0.25) is 9.78 Å². The molecule has 0 amide bonds. The Kier molecular flexibility index (Phi) is 5.72. The fourth-order valence-electron chi connectivity index (χ4n) is 2.51. The van der Waals surface area contributed by atoms with Gasteiger partial charge in [0.15, 0.2) is 5.69 Å². The Morgan fingerprint density at radius 2 is 1.83 bits per heavy atom. The number of hydrogen-bond acceptors (Lipinski definition) is 8. The third-order valence-electron chi connectivity index (χ3n) is 3.94. The summed E-state index contributed by atoms with van der Waals surface area (Å²) >= 11 is 1.32. The number of carbonyl (C=O) groups excluding carboxylic acids is 1. The summed E-state index contributed by atoms with van der Waals surface area (Å²) in [5.41, 5.74) is 3.94. The predicted octanol–water partition coefficient (Wildman–Crippen LogP) is 3.56. The molecule has 2 N–H and O–H groups in total. The van der Waals surface area contributed by atoms with Crippen molar-refractivity contribution in [1.82, 2.24) is 15.2 Å². The lowest BCUT2D eigenvalue weighted by molar-refractivity contribution is 0.0740. The number of hydrazone groups is 1. The van der Waals surface area contributed by atoms with Crippen LogP contribution in [0.5, 0.6) is 5.75 Å². The first-order chi connectivity index (χ1) is 14.7. The molecule has 2 aromatic heterocycles. The van der Waals surface area contributed by atoms with Crippen molar-refractivity contribution in [3.05, 3.63) is 92.9 Å². The minimum absolute atomic E-state index is 0.123. The number of nitrogens with zero attached hydrogens (tertiary/aromatic N) is 3. The number of rotatable bonds is 6. The second kappa shape index (κ2) is 8.93. The number of benzene rings is 2. The van der Waals surface area contributed by atoms with Gasteiger partial charge in [0, 0.05) is 5.56 Å². The molecule has 0 radical (unpaired) electrons. The molecule has 30 heavy (non-hydrogen) atoms. The molecular formula is C21H15N5O3S. The van der Waals surface area contributed by atoms with Gasteiger partial charge in [0.05, 0.1) is 6.21 Å². The number of H-pyrrole nitrogens is 1. The molecular weight excluding hydrogens is 402 g/mol. The molecule has 0 aliphatic rings. The number of anilines is 1. The van der Waals surface area contributed by atoms with Crippen LogP contribution in [0.25, 0.3) is 11.3 Å². The van der Waals surface area contributed by atoms with Gasteiger partial charge >= 0.3 is 5.97 Å². The smallest absolute Gasteiger partial charge is 0.353 e. The molecule has 2 heterocycles. The summed E-state index contributed by atoms with van der Waals surface area (Å²) in [6.07, 6.45) is 1.54. The van der Waals surface area contributed by atoms with E-state index in [4.69, 9.17) is 4.74 Å². The molecule has 0 unspecified atom stereocenters. The average molecular weight is 417 g/mol. The summed E-state index contributed by atoms with van der Waals surface area (Å²) in [5.74, 6) is 0.164. The maximum atomic E-state index is 12.2. The van der Waals surface area contributed by atoms with Crippen molar-refractivity contribution in [3.8, 4) is 17.0 Å². The third-order valence-corrected chi connectivity index (χ3v) is 4.79. The van der Waals surface area contributed by atoms with Gasteiger partial charge in [0.25, 0.3) is 5.56 Å². The van der Waals surface area contributed by atoms with Crippen molar-refractivity contribution in [2.24, 2.45) is 5.10 Å². The molecule has 2 aromatic carbocycles. The number of carbonyl (C=O) groups is 1. The Bertz CT molecular complexity index is 1220. The number of nitrogens with one attached hydrogen (secondary N) is 2. The quantitative estimate of drug-likeness (QED) is 0.215. The molecule has 0 bridgehead atoms. The summed E-state index contributed by atoms with van der Waals surface area (Å²) in [5, 5.41) is 13.7. The molecule has 4 aromatic rings. The normalized spacial score (nSPS) is 10.8. The van der Waals surface area contributed by atoms with Crippen LogP contribution in [-0.2, 0) is 0 Å². The standard InChI is InChI=1S/C21H15N5O3S/c27-19-18(15-5-2-1-3-6-15)24-26-21(23-19)25-22-13-14-8-10-16(11-9-14)29-20(28)17-7-4-12-30-17/h1-13H,(H2,23,25,26,27)/b22-13+. The van der Waals surface area contributed by atoms with Gasteiger partial charge in [-0.2, -0.15) is 5.10 Å². The fraction of sp³-hybridized carbons (Fsp3) is 0. The highest BCUT2D eigenvalue weighted by Gasteiger charge is 2.09. The van der Waals surface area contributed by atoms with E-state index >= 15 is 0 Å². The van der Waals surface area contributed by atoms with Crippen molar-refractivity contribution in [1.29, 1.82) is 0 Å². The Balaban J connectivity index is 1.37. The first kappa shape index (κ1) is 19.2. The molecule has 4 rings (SSSR count). The Labute approximate surface area is 174 Å². The molecule has 0 aliphatic carbocycles. The van der Waals surface area contributed by atoms with E-state index in [-0.39, 0.29) is 17.2 Å². The molecule has 148 valence electrons. The van der Waals surface area contributed by atoms with Crippen LogP contribution in [0.1, 0.15) is 15.2 Å². The lowest BCUT2D eigenvalue weighted by Gasteiger charge is -2.03. The van der Waals surface area contributed by atoms with Crippen LogP contribution < -0.4 is 15.7 Å². The molecule has 0 fully saturated rings. The minimum atomic E-state index is -0.394. The van der Waals surface area contributed by atoms with E-state index in [0.29, 0.717) is 16.2 Å². The minimum Gasteiger partial charge on any atom is -0.422 e. The molecule has 0 atom stereocenters. The molecule has 0 saturated carbocycles. The van der Waals surface area contributed by atoms with Crippen LogP contribution in [0.15, 0.2) is 82.0 Å². The van der Waals surface area contributed by atoms with Crippen molar-refractivity contribution in [3.63, 3.8) is 0 Å². The molecule has 0 spiro atoms. The maximum Gasteiger partial charge on any atom is 0.353 e. The van der Waals surface area contributed by atoms with Crippen molar-refractivity contribution < 1.29 is 9.53 Å². The van der Waals surface area contributed by atoms with Crippen LogP contribution in [0.4, 0.5) is 5.95 Å². The van der Waals surface area contributed by atoms with Crippen LogP contribution in [0, 0.1) is 0 Å². The van der Waals surface area contributed by atoms with Crippen molar-refractivity contribution >= 4 is 29.5 Å². The van der Waals surface area contributed by atoms with Gasteiger partial charge in [0.1, 0.15) is 10.6 Å². The van der Waals surface area contributed by atoms with Crippen LogP contribution in [0.2, 0.25) is 0 Å². The monoisotopic (exact) mass is 417 g/mol. The average Bonchev–Trinajstić information content (AvgIpc) is 3.31. The van der Waals surface area contributed by atoms with Crippen LogP contribution >= 0.6 is 11.3 Å². The topological polar surface area (TPSA) is 109 Å². The zero-order chi connectivity index (χ0) is 20.8. The van der Waals surface area contributed by atoms with E-state index in [1.165, 1.54) is 17.6 Å². The van der Waals surface area contributed by atoms with Gasteiger partial charge < -0.3 is 4.74 Å². The van der Waals surface area contributed by atoms with E-state index < -0.39 is 5.97 Å². The number of hydrogen-bond donors (Lipinski definition) is 2. The molecule has 0 saturated heterocycles. The number of esters is 1. The van der Waals surface area contributed by atoms with Crippen molar-refractivity contribution in [2.75, 3.05) is 5.43 Å². The predicted molar refractivity (Wildman–Crippen MR) is 115 cm³/mol. The largest absolute Gasteiger partial charge is 0.422 e. The van der Waals surface area contributed by atoms with Gasteiger partial charge in [-0.15, -0.1) is 21.5 Å². The van der Waals surface area contributed by atoms with Crippen molar-refractivity contribution in [2.45, 2.75) is 0 Å². The highest BCUT2D eigenvalue weighted by molar-refractivity contribution is 7.12. The first-order valence-electron chi connectivity index (χ1n) is 8.86. The van der Waals surface area contributed by atoms with E-state index in [1.807, 2.05) is 23.6 Å². The molecule has 0 aliphatic heterocycles. The van der Waals surface area contributed by atoms with Gasteiger partial charge in [-0.05, 0) is 41.3 Å². The Morgan fingerprint density at radius 1 is 1.03 bits per heavy atom. The summed E-state index contributed by atoms with van der Waals surface area (Å²) in [4.78, 5) is 27.3. The molecule has 8 nitrogen and oxygen atoms in total. The third kappa shape index (κ3) is 4.65. The lowest BCUT2D eigenvalue weighted by atomic mass is 10.2. The summed E-state index contributed by atoms with van der Waals surface area (Å²) < 4.78 is 5.30. The summed E-state index contributed by atoms with van der Waals surface area (Å²) in [6.45, 7) is 0. The number of ether oxygens (including phenoxy) is 1. The van der Waals surface area contributed by atoms with Crippen LogP contribution in [0.3, 0.4) is 0 Å². The van der Waals surface area contributed by atoms with Crippen LogP contribution in [-0.4, -0.2) is 27.4 Å². The SMILES string of the molecule is O=C(Oc1ccc(/C=N/Nc2nnc(-c3ccccc3)c(=O)[nH]2)cc1)c1cccs1. The number of thiophene rings is 1. The fourth-order valence-corrected chi connectivity index (χ4v) is 3.11. The van der Waals surface area contributed by atoms with Gasteiger partial charge in [-0.25, -0.2) is 10.2 Å². The zero-order valence-corrected chi connectivity index (χ0v) is 16.3. The highest BCUT2D eigenvalue weighted by Crippen LogP contribution is 2.16. The molecule has 9 heteroatoms. The first-order valence-corrected chi connectivity index (χ1v) is 9.74. The van der Waals surface area contributed by atoms with Gasteiger partial charge in [0.2, 0.25) is 5.95 Å². The van der Waals surface area contributed by atoms with E-state index in [1.54, 1.807) is 48.5 Å². The van der Waals surface area contributed by atoms with E-state index in [0.717, 1.165) is 5.56 Å². The van der Waals surface area contributed by atoms with E-state index in [2.05, 4.69) is 25.7 Å². The second-order valence-electron chi connectivity index (χ2n) is 6.02. The summed E-state index contributed by atoms with van der Waals surface area (Å²) in [7, 11) is 0. The second-order valence-corrected chi connectivity index (χ2v) is 6.97. The highest BCUT2D eigenvalue weighted by atomic mass is 32.1. The number of aromatic amines is 1. The van der Waals surface area contributed by atoms with Gasteiger partial charge in [-0.1, -0.05) is 36.4 Å². The zero-order valence-electron chi connectivity index (χ0n) is 15.5. The maximum absolute atomic E-state index is 12.2. The Morgan fingerprint density at radius 3 is 2.53 bits per heavy atom. The van der Waals surface area contributed by atoms with E-state index in [9.17, 15) is 9.59 Å². The lowest BCUT2D eigenvalue weighted by Crippen LogP contribution is -2.15. The number of aromatic nitrogens is 3. The Hall–Kier alpha value is -4.11.